The molecule has 0 saturated heterocycles. The number of aromatic nitrogens is 2. The molecule has 0 fully saturated rings. The molecule has 0 bridgehead atoms. The molecule has 19 heavy (non-hydrogen) atoms. The van der Waals surface area contributed by atoms with Crippen molar-refractivity contribution in [1.29, 1.82) is 0 Å². The molecule has 4 nitrogen and oxygen atoms in total. The number of methoxy groups -OCH3 is 1. The lowest BCUT2D eigenvalue weighted by molar-refractivity contribution is 0.412. The number of hydrogen-bond acceptors (Lipinski definition) is 4. The van der Waals surface area contributed by atoms with E-state index in [2.05, 4.69) is 37.9 Å². The zero-order chi connectivity index (χ0) is 14.0. The van der Waals surface area contributed by atoms with Crippen molar-refractivity contribution in [3.8, 4) is 17.1 Å². The van der Waals surface area contributed by atoms with Crippen molar-refractivity contribution in [3.05, 3.63) is 33.0 Å². The van der Waals surface area contributed by atoms with Crippen LogP contribution in [0.3, 0.4) is 0 Å². The second-order valence-electron chi connectivity index (χ2n) is 4.23. The van der Waals surface area contributed by atoms with Crippen LogP contribution in [0.25, 0.3) is 11.4 Å². The van der Waals surface area contributed by atoms with Gasteiger partial charge in [0.05, 0.1) is 16.4 Å². The molecule has 0 amide bonds. The van der Waals surface area contributed by atoms with Crippen molar-refractivity contribution >= 4 is 28.4 Å². The van der Waals surface area contributed by atoms with Crippen LogP contribution in [0, 0.1) is 17.4 Å². The summed E-state index contributed by atoms with van der Waals surface area (Å²) in [6.45, 7) is 4.01. The van der Waals surface area contributed by atoms with Crippen molar-refractivity contribution in [2.45, 2.75) is 13.8 Å². The van der Waals surface area contributed by atoms with E-state index in [0.29, 0.717) is 0 Å². The monoisotopic (exact) mass is 369 g/mol. The molecule has 0 aliphatic rings. The average Bonchev–Trinajstić information content (AvgIpc) is 2.41. The number of nitrogens with one attached hydrogen (secondary N) is 1. The molecule has 0 unspecified atom stereocenters. The quantitative estimate of drug-likeness (QED) is 0.843. The molecule has 1 N–H and O–H groups in total. The van der Waals surface area contributed by atoms with Crippen LogP contribution in [-0.4, -0.2) is 24.1 Å². The first-order chi connectivity index (χ1) is 9.06. The van der Waals surface area contributed by atoms with Crippen LogP contribution in [0.5, 0.6) is 5.75 Å². The van der Waals surface area contributed by atoms with Crippen LogP contribution in [0.4, 0.5) is 5.82 Å². The zero-order valence-electron chi connectivity index (χ0n) is 11.4. The van der Waals surface area contributed by atoms with Gasteiger partial charge in [-0.1, -0.05) is 0 Å². The fourth-order valence-electron chi connectivity index (χ4n) is 1.87. The third kappa shape index (κ3) is 2.80. The normalized spacial score (nSPS) is 10.4. The third-order valence-electron chi connectivity index (χ3n) is 2.91. The summed E-state index contributed by atoms with van der Waals surface area (Å²) in [5.74, 6) is 2.46. The lowest BCUT2D eigenvalue weighted by Gasteiger charge is -2.10. The van der Waals surface area contributed by atoms with E-state index in [0.717, 1.165) is 37.8 Å². The first-order valence-corrected chi connectivity index (χ1v) is 7.01. The number of anilines is 1. The molecule has 1 aromatic carbocycles. The molecule has 2 aromatic rings. The summed E-state index contributed by atoms with van der Waals surface area (Å²) in [5, 5.41) is 3.10. The van der Waals surface area contributed by atoms with Gasteiger partial charge in [0.15, 0.2) is 5.82 Å². The number of hydrogen-bond donors (Lipinski definition) is 1. The van der Waals surface area contributed by atoms with Crippen LogP contribution in [0.1, 0.15) is 11.3 Å². The Balaban J connectivity index is 2.53. The van der Waals surface area contributed by atoms with E-state index < -0.39 is 0 Å². The highest BCUT2D eigenvalue weighted by Gasteiger charge is 2.10. The first kappa shape index (κ1) is 14.0. The Hall–Kier alpha value is -1.37. The van der Waals surface area contributed by atoms with E-state index in [1.165, 1.54) is 0 Å². The summed E-state index contributed by atoms with van der Waals surface area (Å²) in [7, 11) is 3.54. The van der Waals surface area contributed by atoms with Gasteiger partial charge in [-0.15, -0.1) is 0 Å². The summed E-state index contributed by atoms with van der Waals surface area (Å²) in [5.41, 5.74) is 3.04. The third-order valence-corrected chi connectivity index (χ3v) is 4.20. The van der Waals surface area contributed by atoms with Crippen LogP contribution in [-0.2, 0) is 0 Å². The van der Waals surface area contributed by atoms with Gasteiger partial charge in [-0.05, 0) is 60.2 Å². The second-order valence-corrected chi connectivity index (χ2v) is 5.31. The van der Waals surface area contributed by atoms with E-state index in [1.54, 1.807) is 7.11 Å². The molecule has 0 aliphatic heterocycles. The van der Waals surface area contributed by atoms with E-state index in [1.807, 2.05) is 39.1 Å². The van der Waals surface area contributed by atoms with Gasteiger partial charge in [-0.2, -0.15) is 0 Å². The Morgan fingerprint density at radius 1 is 1.21 bits per heavy atom. The van der Waals surface area contributed by atoms with Crippen molar-refractivity contribution < 1.29 is 4.74 Å². The summed E-state index contributed by atoms with van der Waals surface area (Å²) >= 11 is 2.25. The summed E-state index contributed by atoms with van der Waals surface area (Å²) in [4.78, 5) is 9.10. The molecule has 0 atom stereocenters. The maximum Gasteiger partial charge on any atom is 0.161 e. The smallest absolute Gasteiger partial charge is 0.161 e. The van der Waals surface area contributed by atoms with Crippen molar-refractivity contribution in [3.63, 3.8) is 0 Å². The zero-order valence-corrected chi connectivity index (χ0v) is 13.6. The number of aryl methyl sites for hydroxylation is 2. The SMILES string of the molecule is CNc1nc(-c2ccc(OC)c(C)c2)nc(C)c1I. The van der Waals surface area contributed by atoms with Gasteiger partial charge in [0.2, 0.25) is 0 Å². The minimum Gasteiger partial charge on any atom is -0.496 e. The predicted octanol–water partition coefficient (Wildman–Crippen LogP) is 3.42. The highest BCUT2D eigenvalue weighted by Crippen LogP contribution is 2.27. The van der Waals surface area contributed by atoms with E-state index in [9.17, 15) is 0 Å². The van der Waals surface area contributed by atoms with Gasteiger partial charge in [0.25, 0.3) is 0 Å². The molecular formula is C14H16IN3O. The number of ether oxygens (including phenoxy) is 1. The van der Waals surface area contributed by atoms with E-state index in [-0.39, 0.29) is 0 Å². The van der Waals surface area contributed by atoms with Crippen molar-refractivity contribution in [2.75, 3.05) is 19.5 Å². The largest absolute Gasteiger partial charge is 0.496 e. The average molecular weight is 369 g/mol. The minimum atomic E-state index is 0.730. The predicted molar refractivity (Wildman–Crippen MR) is 85.8 cm³/mol. The van der Waals surface area contributed by atoms with Gasteiger partial charge < -0.3 is 10.1 Å². The van der Waals surface area contributed by atoms with Gasteiger partial charge in [0, 0.05) is 12.6 Å². The number of halogens is 1. The fourth-order valence-corrected chi connectivity index (χ4v) is 2.38. The lowest BCUT2D eigenvalue weighted by atomic mass is 10.1. The molecule has 1 aromatic heterocycles. The molecule has 0 radical (unpaired) electrons. The molecule has 0 aliphatic carbocycles. The summed E-state index contributed by atoms with van der Waals surface area (Å²) in [6, 6.07) is 5.97. The number of rotatable bonds is 3. The Kier molecular flexibility index (Phi) is 4.24. The Labute approximate surface area is 126 Å². The minimum absolute atomic E-state index is 0.730. The van der Waals surface area contributed by atoms with Crippen LogP contribution < -0.4 is 10.1 Å². The molecule has 0 saturated carbocycles. The number of nitrogens with zero attached hydrogens (tertiary/aromatic N) is 2. The molecular weight excluding hydrogens is 353 g/mol. The van der Waals surface area contributed by atoms with E-state index >= 15 is 0 Å². The first-order valence-electron chi connectivity index (χ1n) is 5.93. The molecule has 5 heteroatoms. The summed E-state index contributed by atoms with van der Waals surface area (Å²) < 4.78 is 6.32. The molecule has 2 rings (SSSR count). The highest BCUT2D eigenvalue weighted by atomic mass is 127. The van der Waals surface area contributed by atoms with Crippen LogP contribution in [0.15, 0.2) is 18.2 Å². The molecule has 1 heterocycles. The lowest BCUT2D eigenvalue weighted by Crippen LogP contribution is -2.03. The molecule has 100 valence electrons. The van der Waals surface area contributed by atoms with Gasteiger partial charge in [0.1, 0.15) is 11.6 Å². The second kappa shape index (κ2) is 5.73. The van der Waals surface area contributed by atoms with Crippen LogP contribution >= 0.6 is 22.6 Å². The standard InChI is InChI=1S/C14H16IN3O/c1-8-7-10(5-6-11(8)19-4)13-17-9(2)12(15)14(16-3)18-13/h5-7H,1-4H3,(H,16,17,18). The molecule has 0 spiro atoms. The van der Waals surface area contributed by atoms with Gasteiger partial charge in [-0.3, -0.25) is 0 Å². The summed E-state index contributed by atoms with van der Waals surface area (Å²) in [6.07, 6.45) is 0. The highest BCUT2D eigenvalue weighted by molar-refractivity contribution is 14.1. The van der Waals surface area contributed by atoms with Crippen LogP contribution in [0.2, 0.25) is 0 Å². The topological polar surface area (TPSA) is 47.0 Å². The van der Waals surface area contributed by atoms with Crippen molar-refractivity contribution in [1.82, 2.24) is 9.97 Å². The maximum absolute atomic E-state index is 5.27. The Morgan fingerprint density at radius 2 is 1.95 bits per heavy atom. The maximum atomic E-state index is 5.27. The Bertz CT molecular complexity index is 614. The van der Waals surface area contributed by atoms with Gasteiger partial charge >= 0.3 is 0 Å². The van der Waals surface area contributed by atoms with Crippen molar-refractivity contribution in [2.24, 2.45) is 0 Å². The fraction of sp³-hybridized carbons (Fsp3) is 0.286. The Morgan fingerprint density at radius 3 is 2.53 bits per heavy atom. The number of benzene rings is 1. The van der Waals surface area contributed by atoms with Gasteiger partial charge in [-0.25, -0.2) is 9.97 Å². The van der Waals surface area contributed by atoms with E-state index in [4.69, 9.17) is 4.74 Å².